The Morgan fingerprint density at radius 1 is 1.15 bits per heavy atom. The molecule has 0 bridgehead atoms. The van der Waals surface area contributed by atoms with Gasteiger partial charge in [-0.25, -0.2) is 0 Å². The lowest BCUT2D eigenvalue weighted by molar-refractivity contribution is -0.121. The summed E-state index contributed by atoms with van der Waals surface area (Å²) in [7, 11) is 0. The zero-order valence-corrected chi connectivity index (χ0v) is 16.2. The number of hydrogen-bond acceptors (Lipinski definition) is 5. The minimum Gasteiger partial charge on any atom is -0.356 e. The third-order valence-electron chi connectivity index (χ3n) is 5.02. The summed E-state index contributed by atoms with van der Waals surface area (Å²) in [5.41, 5.74) is 2.11. The van der Waals surface area contributed by atoms with Crippen LogP contribution in [0.2, 0.25) is 0 Å². The van der Waals surface area contributed by atoms with E-state index in [1.54, 1.807) is 0 Å². The van der Waals surface area contributed by atoms with Gasteiger partial charge in [0.25, 0.3) is 0 Å². The Hall–Kier alpha value is -2.21. The van der Waals surface area contributed by atoms with Gasteiger partial charge in [-0.05, 0) is 45.8 Å². The molecule has 0 aliphatic carbocycles. The lowest BCUT2D eigenvalue weighted by Crippen LogP contribution is -2.30. The van der Waals surface area contributed by atoms with Crippen molar-refractivity contribution < 1.29 is 9.32 Å². The van der Waals surface area contributed by atoms with Gasteiger partial charge in [-0.3, -0.25) is 4.79 Å². The van der Waals surface area contributed by atoms with Crippen LogP contribution in [-0.2, 0) is 11.2 Å². The number of hydrogen-bond donors (Lipinski definition) is 1. The highest BCUT2D eigenvalue weighted by atomic mass is 16.5. The summed E-state index contributed by atoms with van der Waals surface area (Å²) in [4.78, 5) is 18.9. The molecule has 1 fully saturated rings. The summed E-state index contributed by atoms with van der Waals surface area (Å²) in [6.07, 6.45) is 7.17. The Kier molecular flexibility index (Phi) is 7.39. The fraction of sp³-hybridized carbons (Fsp3) is 0.571. The molecule has 1 aliphatic rings. The molecule has 1 aliphatic heterocycles. The molecule has 146 valence electrons. The van der Waals surface area contributed by atoms with Crippen molar-refractivity contribution in [3.8, 4) is 11.4 Å². The van der Waals surface area contributed by atoms with E-state index in [2.05, 4.69) is 20.4 Å². The maximum atomic E-state index is 12.0. The second-order valence-corrected chi connectivity index (χ2v) is 7.34. The summed E-state index contributed by atoms with van der Waals surface area (Å²) in [6.45, 7) is 6.25. The fourth-order valence-corrected chi connectivity index (χ4v) is 3.38. The topological polar surface area (TPSA) is 71.3 Å². The summed E-state index contributed by atoms with van der Waals surface area (Å²) in [5.74, 6) is 1.12. The van der Waals surface area contributed by atoms with Crippen LogP contribution in [-0.4, -0.2) is 47.1 Å². The van der Waals surface area contributed by atoms with Crippen molar-refractivity contribution in [1.29, 1.82) is 0 Å². The first-order valence-corrected chi connectivity index (χ1v) is 10.1. The molecular weight excluding hydrogens is 340 g/mol. The lowest BCUT2D eigenvalue weighted by atomic mass is 10.1. The van der Waals surface area contributed by atoms with Crippen LogP contribution in [0.15, 0.2) is 28.8 Å². The third kappa shape index (κ3) is 6.47. The number of benzene rings is 1. The smallest absolute Gasteiger partial charge is 0.227 e. The van der Waals surface area contributed by atoms with E-state index >= 15 is 0 Å². The van der Waals surface area contributed by atoms with E-state index < -0.39 is 0 Å². The van der Waals surface area contributed by atoms with Crippen LogP contribution in [0.25, 0.3) is 11.4 Å². The van der Waals surface area contributed by atoms with Crippen molar-refractivity contribution in [2.24, 2.45) is 0 Å². The summed E-state index contributed by atoms with van der Waals surface area (Å²) in [6, 6.07) is 7.98. The molecule has 0 saturated carbocycles. The number of amides is 1. The van der Waals surface area contributed by atoms with Gasteiger partial charge in [0, 0.05) is 24.9 Å². The molecule has 6 nitrogen and oxygen atoms in total. The Morgan fingerprint density at radius 3 is 2.63 bits per heavy atom. The van der Waals surface area contributed by atoms with Gasteiger partial charge in [-0.1, -0.05) is 47.8 Å². The summed E-state index contributed by atoms with van der Waals surface area (Å²) in [5, 5.41) is 7.00. The van der Waals surface area contributed by atoms with Crippen LogP contribution in [0.4, 0.5) is 0 Å². The van der Waals surface area contributed by atoms with E-state index in [4.69, 9.17) is 4.52 Å². The number of carbonyl (C=O) groups is 1. The highest BCUT2D eigenvalue weighted by Gasteiger charge is 2.11. The normalized spacial score (nSPS) is 15.4. The van der Waals surface area contributed by atoms with Gasteiger partial charge in [0.2, 0.25) is 17.6 Å². The van der Waals surface area contributed by atoms with Crippen LogP contribution in [0.3, 0.4) is 0 Å². The first kappa shape index (κ1) is 19.5. The van der Waals surface area contributed by atoms with Gasteiger partial charge in [0.1, 0.15) is 0 Å². The SMILES string of the molecule is Cc1ccc(-c2noc(CCC(=O)NCCCN3CCCCCC3)n2)cc1. The van der Waals surface area contributed by atoms with Crippen LogP contribution in [0, 0.1) is 6.92 Å². The predicted octanol–water partition coefficient (Wildman–Crippen LogP) is 3.36. The molecule has 0 radical (unpaired) electrons. The molecule has 1 N–H and O–H groups in total. The van der Waals surface area contributed by atoms with Gasteiger partial charge < -0.3 is 14.7 Å². The molecule has 2 aromatic rings. The number of nitrogens with zero attached hydrogens (tertiary/aromatic N) is 3. The zero-order valence-electron chi connectivity index (χ0n) is 16.2. The number of rotatable bonds is 8. The van der Waals surface area contributed by atoms with E-state index in [9.17, 15) is 4.79 Å². The van der Waals surface area contributed by atoms with Gasteiger partial charge in [-0.15, -0.1) is 0 Å². The molecule has 27 heavy (non-hydrogen) atoms. The molecule has 6 heteroatoms. The monoisotopic (exact) mass is 370 g/mol. The number of nitrogens with one attached hydrogen (secondary N) is 1. The van der Waals surface area contributed by atoms with Crippen molar-refractivity contribution >= 4 is 5.91 Å². The Morgan fingerprint density at radius 2 is 1.89 bits per heavy atom. The number of aryl methyl sites for hydroxylation is 2. The number of likely N-dealkylation sites (tertiary alicyclic amines) is 1. The first-order chi connectivity index (χ1) is 13.2. The molecule has 0 unspecified atom stereocenters. The van der Waals surface area contributed by atoms with Crippen molar-refractivity contribution in [3.63, 3.8) is 0 Å². The van der Waals surface area contributed by atoms with Crippen molar-refractivity contribution in [2.45, 2.75) is 51.9 Å². The molecule has 0 spiro atoms. The fourth-order valence-electron chi connectivity index (χ4n) is 3.38. The molecule has 3 rings (SSSR count). The van der Waals surface area contributed by atoms with E-state index in [-0.39, 0.29) is 5.91 Å². The first-order valence-electron chi connectivity index (χ1n) is 10.1. The van der Waals surface area contributed by atoms with Gasteiger partial charge in [-0.2, -0.15) is 4.98 Å². The van der Waals surface area contributed by atoms with E-state index in [0.717, 1.165) is 25.1 Å². The maximum Gasteiger partial charge on any atom is 0.227 e. The number of aromatic nitrogens is 2. The van der Waals surface area contributed by atoms with Crippen LogP contribution in [0.1, 0.15) is 50.0 Å². The van der Waals surface area contributed by atoms with Crippen molar-refractivity contribution in [2.75, 3.05) is 26.2 Å². The Balaban J connectivity index is 1.34. The minimum atomic E-state index is 0.0425. The van der Waals surface area contributed by atoms with Gasteiger partial charge >= 0.3 is 0 Å². The Bertz CT molecular complexity index is 703. The second-order valence-electron chi connectivity index (χ2n) is 7.34. The molecule has 1 aromatic carbocycles. The van der Waals surface area contributed by atoms with Crippen LogP contribution >= 0.6 is 0 Å². The van der Waals surface area contributed by atoms with Gasteiger partial charge in [0.05, 0.1) is 0 Å². The highest BCUT2D eigenvalue weighted by molar-refractivity contribution is 5.75. The van der Waals surface area contributed by atoms with Crippen molar-refractivity contribution in [1.82, 2.24) is 20.4 Å². The zero-order chi connectivity index (χ0) is 18.9. The maximum absolute atomic E-state index is 12.0. The highest BCUT2D eigenvalue weighted by Crippen LogP contribution is 2.16. The molecular formula is C21H30N4O2. The average molecular weight is 370 g/mol. The minimum absolute atomic E-state index is 0.0425. The van der Waals surface area contributed by atoms with Crippen LogP contribution < -0.4 is 5.32 Å². The molecule has 1 aromatic heterocycles. The predicted molar refractivity (Wildman–Crippen MR) is 105 cm³/mol. The van der Waals surface area contributed by atoms with Crippen LogP contribution in [0.5, 0.6) is 0 Å². The lowest BCUT2D eigenvalue weighted by Gasteiger charge is -2.19. The van der Waals surface area contributed by atoms with Crippen molar-refractivity contribution in [3.05, 3.63) is 35.7 Å². The standard InChI is InChI=1S/C21H30N4O2/c1-17-7-9-18(10-8-17)21-23-20(27-24-21)12-11-19(26)22-13-6-16-25-14-4-2-3-5-15-25/h7-10H,2-6,11-16H2,1H3,(H,22,26). The summed E-state index contributed by atoms with van der Waals surface area (Å²) < 4.78 is 5.27. The second kappa shape index (κ2) is 10.2. The van der Waals surface area contributed by atoms with E-state index in [0.29, 0.717) is 24.6 Å². The molecule has 1 saturated heterocycles. The molecule has 2 heterocycles. The average Bonchev–Trinajstić information content (AvgIpc) is 3.00. The van der Waals surface area contributed by atoms with E-state index in [1.165, 1.54) is 44.3 Å². The molecule has 0 atom stereocenters. The van der Waals surface area contributed by atoms with Gasteiger partial charge in [0.15, 0.2) is 0 Å². The Labute approximate surface area is 161 Å². The largest absolute Gasteiger partial charge is 0.356 e. The third-order valence-corrected chi connectivity index (χ3v) is 5.02. The summed E-state index contributed by atoms with van der Waals surface area (Å²) >= 11 is 0. The van der Waals surface area contributed by atoms with E-state index in [1.807, 2.05) is 31.2 Å². The molecule has 1 amide bonds. The quantitative estimate of drug-likeness (QED) is 0.722. The number of carbonyl (C=O) groups excluding carboxylic acids is 1.